The molecule has 1 aliphatic heterocycles. The lowest BCUT2D eigenvalue weighted by Gasteiger charge is -2.20. The van der Waals surface area contributed by atoms with E-state index in [1.165, 1.54) is 0 Å². The third-order valence-corrected chi connectivity index (χ3v) is 4.08. The first-order valence-corrected chi connectivity index (χ1v) is 8.81. The van der Waals surface area contributed by atoms with Crippen LogP contribution >= 0.6 is 0 Å². The third kappa shape index (κ3) is 4.24. The van der Waals surface area contributed by atoms with Crippen molar-refractivity contribution in [2.75, 3.05) is 0 Å². The molecule has 0 saturated carbocycles. The summed E-state index contributed by atoms with van der Waals surface area (Å²) in [6.07, 6.45) is 5.69. The number of Topliss-reactive ketones (excluding diaryl/α,β-unsaturated/α-hetero) is 1. The predicted molar refractivity (Wildman–Crippen MR) is 107 cm³/mol. The van der Waals surface area contributed by atoms with Crippen LogP contribution in [-0.4, -0.2) is 5.78 Å². The Morgan fingerprint density at radius 1 is 1.04 bits per heavy atom. The zero-order chi connectivity index (χ0) is 19.4. The zero-order valence-electron chi connectivity index (χ0n) is 15.7. The number of rotatable bonds is 3. The molecule has 3 rings (SSSR count). The van der Waals surface area contributed by atoms with E-state index in [1.807, 2.05) is 42.5 Å². The Balaban J connectivity index is 2.16. The van der Waals surface area contributed by atoms with Crippen LogP contribution in [0.2, 0.25) is 0 Å². The number of fused-ring (bicyclic) bond motifs is 1. The minimum absolute atomic E-state index is 0.0110. The molecule has 0 saturated heterocycles. The minimum Gasteiger partial charge on any atom is -0.457 e. The van der Waals surface area contributed by atoms with E-state index >= 15 is 0 Å². The van der Waals surface area contributed by atoms with E-state index in [9.17, 15) is 10.1 Å². The Labute approximate surface area is 159 Å². The van der Waals surface area contributed by atoms with Crippen molar-refractivity contribution in [3.63, 3.8) is 0 Å². The smallest absolute Gasteiger partial charge is 0.204 e. The summed E-state index contributed by atoms with van der Waals surface area (Å²) in [5.41, 5.74) is 1.92. The van der Waals surface area contributed by atoms with Crippen LogP contribution in [0.1, 0.15) is 36.7 Å². The Morgan fingerprint density at radius 3 is 2.37 bits per heavy atom. The van der Waals surface area contributed by atoms with Crippen molar-refractivity contribution in [1.29, 1.82) is 5.26 Å². The molecule has 0 unspecified atom stereocenters. The highest BCUT2D eigenvalue weighted by atomic mass is 16.5. The molecule has 134 valence electrons. The van der Waals surface area contributed by atoms with Crippen LogP contribution in [0.25, 0.3) is 5.57 Å². The molecule has 0 radical (unpaired) electrons. The standard InChI is InChI=1S/C24H21NO2/c1-24(2,3)14-13-18-15-20(19-11-7-8-12-22(19)27-18)21(16-25)23(26)17-9-5-4-6-10-17/h4-15H,1-3H3/b14-13+,21-20+. The van der Waals surface area contributed by atoms with Crippen molar-refractivity contribution < 1.29 is 9.53 Å². The number of benzene rings is 2. The molecule has 2 aromatic rings. The maximum atomic E-state index is 12.9. The van der Waals surface area contributed by atoms with E-state index in [4.69, 9.17) is 4.74 Å². The van der Waals surface area contributed by atoms with Gasteiger partial charge in [0.2, 0.25) is 5.78 Å². The Hall–Kier alpha value is -3.38. The zero-order valence-corrected chi connectivity index (χ0v) is 15.7. The van der Waals surface area contributed by atoms with Crippen LogP contribution in [-0.2, 0) is 0 Å². The first kappa shape index (κ1) is 18.4. The number of ketones is 1. The highest BCUT2D eigenvalue weighted by Crippen LogP contribution is 2.36. The molecule has 3 heteroatoms. The van der Waals surface area contributed by atoms with Gasteiger partial charge in [0.15, 0.2) is 0 Å². The summed E-state index contributed by atoms with van der Waals surface area (Å²) in [5.74, 6) is 0.949. The molecular weight excluding hydrogens is 334 g/mol. The van der Waals surface area contributed by atoms with Gasteiger partial charge >= 0.3 is 0 Å². The van der Waals surface area contributed by atoms with Crippen LogP contribution in [0.15, 0.2) is 84.2 Å². The number of para-hydroxylation sites is 1. The van der Waals surface area contributed by atoms with Crippen molar-refractivity contribution in [1.82, 2.24) is 0 Å². The van der Waals surface area contributed by atoms with Crippen LogP contribution < -0.4 is 4.74 Å². The lowest BCUT2D eigenvalue weighted by atomic mass is 9.91. The molecule has 0 aromatic heterocycles. The minimum atomic E-state index is -0.291. The number of carbonyl (C=O) groups is 1. The molecular formula is C24H21NO2. The van der Waals surface area contributed by atoms with E-state index < -0.39 is 0 Å². The Bertz CT molecular complexity index is 997. The lowest BCUT2D eigenvalue weighted by molar-refractivity contribution is 0.103. The predicted octanol–water partition coefficient (Wildman–Crippen LogP) is 5.73. The van der Waals surface area contributed by atoms with Gasteiger partial charge in [-0.2, -0.15) is 5.26 Å². The molecule has 27 heavy (non-hydrogen) atoms. The molecule has 0 amide bonds. The fourth-order valence-corrected chi connectivity index (χ4v) is 2.74. The largest absolute Gasteiger partial charge is 0.457 e. The maximum Gasteiger partial charge on any atom is 0.204 e. The molecule has 0 bridgehead atoms. The highest BCUT2D eigenvalue weighted by molar-refractivity contribution is 6.17. The van der Waals surface area contributed by atoms with Crippen LogP contribution in [0.4, 0.5) is 0 Å². The summed E-state index contributed by atoms with van der Waals surface area (Å²) in [6, 6.07) is 18.4. The second kappa shape index (κ2) is 7.47. The van der Waals surface area contributed by atoms with E-state index in [-0.39, 0.29) is 16.8 Å². The number of carbonyl (C=O) groups excluding carboxylic acids is 1. The maximum absolute atomic E-state index is 12.9. The van der Waals surface area contributed by atoms with Crippen LogP contribution in [0.3, 0.4) is 0 Å². The SMILES string of the molecule is CC(C)(C)/C=C/C1=CC(=C(/C#N)C(=O)c2ccccc2)/c2ccccc2O1. The second-order valence-corrected chi connectivity index (χ2v) is 7.44. The van der Waals surface area contributed by atoms with Gasteiger partial charge in [-0.25, -0.2) is 0 Å². The van der Waals surface area contributed by atoms with Gasteiger partial charge in [0.1, 0.15) is 23.2 Å². The number of nitriles is 1. The molecule has 0 N–H and O–H groups in total. The molecule has 1 heterocycles. The van der Waals surface area contributed by atoms with Crippen molar-refractivity contribution in [3.05, 3.63) is 95.3 Å². The topological polar surface area (TPSA) is 50.1 Å². The second-order valence-electron chi connectivity index (χ2n) is 7.44. The Morgan fingerprint density at radius 2 is 1.70 bits per heavy atom. The monoisotopic (exact) mass is 355 g/mol. The molecule has 1 aliphatic rings. The molecule has 0 atom stereocenters. The fourth-order valence-electron chi connectivity index (χ4n) is 2.74. The van der Waals surface area contributed by atoms with Gasteiger partial charge in [0.05, 0.1) is 0 Å². The van der Waals surface area contributed by atoms with Gasteiger partial charge in [0, 0.05) is 16.7 Å². The molecule has 0 fully saturated rings. The van der Waals surface area contributed by atoms with Crippen molar-refractivity contribution >= 4 is 11.4 Å². The van der Waals surface area contributed by atoms with Crippen molar-refractivity contribution in [2.45, 2.75) is 20.8 Å². The molecule has 0 spiro atoms. The first-order valence-electron chi connectivity index (χ1n) is 8.81. The van der Waals surface area contributed by atoms with Gasteiger partial charge < -0.3 is 4.74 Å². The van der Waals surface area contributed by atoms with Gasteiger partial charge in [-0.1, -0.05) is 75.4 Å². The van der Waals surface area contributed by atoms with E-state index in [0.717, 1.165) is 5.56 Å². The summed E-state index contributed by atoms with van der Waals surface area (Å²) in [5, 5.41) is 9.76. The summed E-state index contributed by atoms with van der Waals surface area (Å²) in [7, 11) is 0. The average Bonchev–Trinajstić information content (AvgIpc) is 2.67. The van der Waals surface area contributed by atoms with Gasteiger partial charge in [-0.05, 0) is 23.6 Å². The van der Waals surface area contributed by atoms with E-state index in [1.54, 1.807) is 30.3 Å². The van der Waals surface area contributed by atoms with Gasteiger partial charge in [-0.3, -0.25) is 4.79 Å². The highest BCUT2D eigenvalue weighted by Gasteiger charge is 2.23. The average molecular weight is 355 g/mol. The Kier molecular flexibility index (Phi) is 5.09. The van der Waals surface area contributed by atoms with E-state index in [0.29, 0.717) is 22.6 Å². The van der Waals surface area contributed by atoms with Crippen LogP contribution in [0.5, 0.6) is 5.75 Å². The number of ether oxygens (including phenoxy) is 1. The van der Waals surface area contributed by atoms with E-state index in [2.05, 4.69) is 26.8 Å². The fraction of sp³-hybridized carbons (Fsp3) is 0.167. The number of hydrogen-bond acceptors (Lipinski definition) is 3. The third-order valence-electron chi connectivity index (χ3n) is 4.08. The van der Waals surface area contributed by atoms with Gasteiger partial charge in [0.25, 0.3) is 0 Å². The number of hydrogen-bond donors (Lipinski definition) is 0. The molecule has 2 aromatic carbocycles. The summed E-state index contributed by atoms with van der Waals surface area (Å²) in [6.45, 7) is 6.28. The quantitative estimate of drug-likeness (QED) is 0.401. The number of allylic oxidation sites excluding steroid dienone is 5. The lowest BCUT2D eigenvalue weighted by Crippen LogP contribution is -2.09. The molecule has 3 nitrogen and oxygen atoms in total. The first-order chi connectivity index (χ1) is 12.9. The number of nitrogens with zero attached hydrogens (tertiary/aromatic N) is 1. The van der Waals surface area contributed by atoms with Crippen molar-refractivity contribution in [2.24, 2.45) is 5.41 Å². The van der Waals surface area contributed by atoms with Crippen molar-refractivity contribution in [3.8, 4) is 11.8 Å². The van der Waals surface area contributed by atoms with Crippen LogP contribution in [0, 0.1) is 16.7 Å². The normalized spacial score (nSPS) is 15.4. The summed E-state index contributed by atoms with van der Waals surface area (Å²) < 4.78 is 5.96. The summed E-state index contributed by atoms with van der Waals surface area (Å²) >= 11 is 0. The molecule has 0 aliphatic carbocycles. The van der Waals surface area contributed by atoms with Gasteiger partial charge in [-0.15, -0.1) is 0 Å². The summed E-state index contributed by atoms with van der Waals surface area (Å²) in [4.78, 5) is 12.9.